The highest BCUT2D eigenvalue weighted by molar-refractivity contribution is 5.67. The Bertz CT molecular complexity index is 658. The molecule has 1 unspecified atom stereocenters. The molecule has 1 aliphatic rings. The fourth-order valence-corrected chi connectivity index (χ4v) is 2.71. The number of hydrogen-bond donors (Lipinski definition) is 2. The van der Waals surface area contributed by atoms with Gasteiger partial charge in [-0.2, -0.15) is 0 Å². The molecule has 2 N–H and O–H groups in total. The van der Waals surface area contributed by atoms with Crippen molar-refractivity contribution in [2.24, 2.45) is 0 Å². The number of aliphatic hydroxyl groups is 1. The Morgan fingerprint density at radius 1 is 1.12 bits per heavy atom. The minimum absolute atomic E-state index is 0.0930. The van der Waals surface area contributed by atoms with Crippen LogP contribution in [0.25, 0.3) is 0 Å². The summed E-state index contributed by atoms with van der Waals surface area (Å²) >= 11 is 0. The molecule has 2 aromatic rings. The summed E-state index contributed by atoms with van der Waals surface area (Å²) in [5.41, 5.74) is 1.97. The summed E-state index contributed by atoms with van der Waals surface area (Å²) in [6.07, 6.45) is -0.0704. The van der Waals surface area contributed by atoms with Gasteiger partial charge in [0.05, 0.1) is 24.9 Å². The van der Waals surface area contributed by atoms with Crippen LogP contribution in [0.1, 0.15) is 17.5 Å². The van der Waals surface area contributed by atoms with E-state index in [1.54, 1.807) is 0 Å². The van der Waals surface area contributed by atoms with E-state index >= 15 is 0 Å². The van der Waals surface area contributed by atoms with Crippen molar-refractivity contribution in [1.29, 1.82) is 0 Å². The lowest BCUT2D eigenvalue weighted by molar-refractivity contribution is 0.0911. The molecule has 3 rings (SSSR count). The average molecular weight is 341 g/mol. The second kappa shape index (κ2) is 8.65. The second-order valence-electron chi connectivity index (χ2n) is 6.26. The van der Waals surface area contributed by atoms with Gasteiger partial charge in [0.2, 0.25) is 0 Å². The molecule has 0 radical (unpaired) electrons. The number of amides is 1. The van der Waals surface area contributed by atoms with Gasteiger partial charge in [0.1, 0.15) is 6.61 Å². The van der Waals surface area contributed by atoms with Gasteiger partial charge in [0.15, 0.2) is 0 Å². The van der Waals surface area contributed by atoms with E-state index in [0.717, 1.165) is 11.1 Å². The van der Waals surface area contributed by atoms with E-state index in [1.807, 2.05) is 60.7 Å². The Labute approximate surface area is 147 Å². The molecule has 1 heterocycles. The fourth-order valence-electron chi connectivity index (χ4n) is 2.71. The summed E-state index contributed by atoms with van der Waals surface area (Å²) in [5, 5.41) is 13.3. The highest BCUT2D eigenvalue weighted by atomic mass is 16.6. The van der Waals surface area contributed by atoms with Crippen molar-refractivity contribution in [2.75, 3.05) is 6.61 Å². The molecule has 25 heavy (non-hydrogen) atoms. The van der Waals surface area contributed by atoms with Crippen LogP contribution in [0.5, 0.6) is 0 Å². The van der Waals surface area contributed by atoms with Crippen molar-refractivity contribution in [3.63, 3.8) is 0 Å². The van der Waals surface area contributed by atoms with Gasteiger partial charge < -0.3 is 19.9 Å². The lowest BCUT2D eigenvalue weighted by Gasteiger charge is -2.23. The number of hydrogen-bond acceptors (Lipinski definition) is 4. The summed E-state index contributed by atoms with van der Waals surface area (Å²) in [7, 11) is 0. The van der Waals surface area contributed by atoms with Crippen molar-refractivity contribution in [3.05, 3.63) is 71.8 Å². The molecule has 1 saturated heterocycles. The molecule has 5 heteroatoms. The summed E-state index contributed by atoms with van der Waals surface area (Å²) in [6, 6.07) is 18.9. The molecule has 1 fully saturated rings. The molecular formula is C20H23NO4. The third-order valence-electron chi connectivity index (χ3n) is 4.19. The number of carbonyl (C=O) groups excluding carboxylic acids is 1. The molecule has 1 aliphatic heterocycles. The van der Waals surface area contributed by atoms with E-state index in [4.69, 9.17) is 9.47 Å². The normalized spacial score (nSPS) is 18.2. The van der Waals surface area contributed by atoms with E-state index in [1.165, 1.54) is 0 Å². The standard InChI is InChI=1S/C20H23NO4/c22-19(12-17-14-24-17)18(11-15-7-3-1-4-8-15)21-20(23)25-13-16-9-5-2-6-10-16/h1-10,17-19,22H,11-14H2,(H,21,23)/t17?,18-,19-/m0/s1. The van der Waals surface area contributed by atoms with Gasteiger partial charge in [-0.15, -0.1) is 0 Å². The number of alkyl carbamates (subject to hydrolysis) is 1. The van der Waals surface area contributed by atoms with Gasteiger partial charge in [0.25, 0.3) is 0 Å². The molecule has 0 bridgehead atoms. The number of aliphatic hydroxyl groups excluding tert-OH is 1. The molecule has 5 nitrogen and oxygen atoms in total. The van der Waals surface area contributed by atoms with Crippen LogP contribution in [0.4, 0.5) is 4.79 Å². The third-order valence-corrected chi connectivity index (χ3v) is 4.19. The fraction of sp³-hybridized carbons (Fsp3) is 0.350. The number of rotatable bonds is 8. The molecule has 0 aliphatic carbocycles. The number of carbonyl (C=O) groups is 1. The van der Waals surface area contributed by atoms with E-state index in [9.17, 15) is 9.90 Å². The number of ether oxygens (including phenoxy) is 2. The van der Waals surface area contributed by atoms with Crippen LogP contribution >= 0.6 is 0 Å². The van der Waals surface area contributed by atoms with Gasteiger partial charge in [-0.1, -0.05) is 60.7 Å². The molecule has 0 aromatic heterocycles. The first kappa shape index (κ1) is 17.5. The number of benzene rings is 2. The lowest BCUT2D eigenvalue weighted by atomic mass is 9.98. The zero-order valence-electron chi connectivity index (χ0n) is 14.0. The first-order valence-electron chi connectivity index (χ1n) is 8.51. The summed E-state index contributed by atoms with van der Waals surface area (Å²) < 4.78 is 10.5. The second-order valence-corrected chi connectivity index (χ2v) is 6.26. The van der Waals surface area contributed by atoms with Crippen LogP contribution in [0.15, 0.2) is 60.7 Å². The van der Waals surface area contributed by atoms with Crippen LogP contribution in [0.2, 0.25) is 0 Å². The maximum atomic E-state index is 12.1. The van der Waals surface area contributed by atoms with Crippen LogP contribution in [-0.2, 0) is 22.5 Å². The molecule has 1 amide bonds. The van der Waals surface area contributed by atoms with Gasteiger partial charge in [0, 0.05) is 6.42 Å². The molecule has 3 atom stereocenters. The Morgan fingerprint density at radius 3 is 2.32 bits per heavy atom. The van der Waals surface area contributed by atoms with Crippen molar-refractivity contribution in [3.8, 4) is 0 Å². The third kappa shape index (κ3) is 5.89. The smallest absolute Gasteiger partial charge is 0.407 e. The SMILES string of the molecule is O=C(N[C@@H](Cc1ccccc1)[C@@H](O)CC1CO1)OCc1ccccc1. The first-order valence-corrected chi connectivity index (χ1v) is 8.51. The zero-order chi connectivity index (χ0) is 17.5. The van der Waals surface area contributed by atoms with Gasteiger partial charge >= 0.3 is 6.09 Å². The molecule has 132 valence electrons. The Kier molecular flexibility index (Phi) is 6.04. The molecule has 0 spiro atoms. The quantitative estimate of drug-likeness (QED) is 0.724. The Morgan fingerprint density at radius 2 is 1.72 bits per heavy atom. The molecular weight excluding hydrogens is 318 g/mol. The van der Waals surface area contributed by atoms with Gasteiger partial charge in [-0.05, 0) is 17.5 Å². The maximum absolute atomic E-state index is 12.1. The van der Waals surface area contributed by atoms with Crippen LogP contribution in [-0.4, -0.2) is 36.1 Å². The van der Waals surface area contributed by atoms with Gasteiger partial charge in [-0.3, -0.25) is 0 Å². The van der Waals surface area contributed by atoms with Crippen LogP contribution in [0, 0.1) is 0 Å². The van der Waals surface area contributed by atoms with Crippen molar-refractivity contribution >= 4 is 6.09 Å². The predicted molar refractivity (Wildman–Crippen MR) is 94.1 cm³/mol. The highest BCUT2D eigenvalue weighted by Gasteiger charge is 2.31. The van der Waals surface area contributed by atoms with E-state index < -0.39 is 18.2 Å². The largest absolute Gasteiger partial charge is 0.445 e. The lowest BCUT2D eigenvalue weighted by Crippen LogP contribution is -2.45. The summed E-state index contributed by atoms with van der Waals surface area (Å²) in [5.74, 6) is 0. The molecule has 0 saturated carbocycles. The number of epoxide rings is 1. The van der Waals surface area contributed by atoms with Gasteiger partial charge in [-0.25, -0.2) is 4.79 Å². The van der Waals surface area contributed by atoms with E-state index in [-0.39, 0.29) is 12.7 Å². The minimum atomic E-state index is -0.683. The highest BCUT2D eigenvalue weighted by Crippen LogP contribution is 2.19. The topological polar surface area (TPSA) is 71.1 Å². The van der Waals surface area contributed by atoms with Crippen LogP contribution in [0.3, 0.4) is 0 Å². The summed E-state index contributed by atoms with van der Waals surface area (Å²) in [6.45, 7) is 0.875. The van der Waals surface area contributed by atoms with Crippen molar-refractivity contribution in [1.82, 2.24) is 5.32 Å². The average Bonchev–Trinajstić information content (AvgIpc) is 3.45. The first-order chi connectivity index (χ1) is 12.2. The zero-order valence-corrected chi connectivity index (χ0v) is 14.0. The van der Waals surface area contributed by atoms with E-state index in [0.29, 0.717) is 19.4 Å². The predicted octanol–water partition coefficient (Wildman–Crippen LogP) is 2.67. The minimum Gasteiger partial charge on any atom is -0.445 e. The van der Waals surface area contributed by atoms with Crippen molar-refractivity contribution in [2.45, 2.75) is 37.7 Å². The van der Waals surface area contributed by atoms with Crippen LogP contribution < -0.4 is 5.32 Å². The maximum Gasteiger partial charge on any atom is 0.407 e. The molecule has 2 aromatic carbocycles. The van der Waals surface area contributed by atoms with Crippen molar-refractivity contribution < 1.29 is 19.4 Å². The Hall–Kier alpha value is -2.37. The monoisotopic (exact) mass is 341 g/mol. The van der Waals surface area contributed by atoms with E-state index in [2.05, 4.69) is 5.32 Å². The summed E-state index contributed by atoms with van der Waals surface area (Å²) in [4.78, 5) is 12.1. The number of nitrogens with one attached hydrogen (secondary N) is 1. The Balaban J connectivity index is 1.56.